The molecule has 9 heteroatoms. The summed E-state index contributed by atoms with van der Waals surface area (Å²) in [5.41, 5.74) is 2.15. The van der Waals surface area contributed by atoms with Crippen LogP contribution in [0, 0.1) is 5.82 Å². The molecule has 2 saturated heterocycles. The summed E-state index contributed by atoms with van der Waals surface area (Å²) < 4.78 is 14.1. The molecule has 38 heavy (non-hydrogen) atoms. The molecule has 0 radical (unpaired) electrons. The summed E-state index contributed by atoms with van der Waals surface area (Å²) in [4.78, 5) is 44.7. The first kappa shape index (κ1) is 25.7. The first-order chi connectivity index (χ1) is 18.4. The van der Waals surface area contributed by atoms with Crippen LogP contribution in [0.25, 0.3) is 0 Å². The van der Waals surface area contributed by atoms with Crippen LogP contribution in [0.15, 0.2) is 66.7 Å². The van der Waals surface area contributed by atoms with E-state index in [1.807, 2.05) is 11.0 Å². The summed E-state index contributed by atoms with van der Waals surface area (Å²) in [5.74, 6) is -1.32. The Morgan fingerprint density at radius 2 is 1.32 bits per heavy atom. The van der Waals surface area contributed by atoms with E-state index >= 15 is 0 Å². The molecule has 2 aliphatic rings. The van der Waals surface area contributed by atoms with Gasteiger partial charge in [0, 0.05) is 50.6 Å². The fraction of sp³-hybridized carbons (Fsp3) is 0.276. The Bertz CT molecular complexity index is 1370. The molecular weight excluding hydrogens is 507 g/mol. The van der Waals surface area contributed by atoms with E-state index < -0.39 is 5.82 Å². The molecule has 3 aromatic rings. The number of rotatable bonds is 5. The number of halogens is 2. The Morgan fingerprint density at radius 3 is 2.00 bits per heavy atom. The second kappa shape index (κ2) is 11.2. The third-order valence-corrected chi connectivity index (χ3v) is 7.34. The lowest BCUT2D eigenvalue weighted by atomic mass is 10.1. The highest BCUT2D eigenvalue weighted by molar-refractivity contribution is 6.34. The molecule has 0 spiro atoms. The van der Waals surface area contributed by atoms with Gasteiger partial charge in [-0.2, -0.15) is 0 Å². The average molecular weight is 535 g/mol. The third-order valence-electron chi connectivity index (χ3n) is 7.01. The molecule has 7 nitrogen and oxygen atoms in total. The van der Waals surface area contributed by atoms with Gasteiger partial charge in [0.25, 0.3) is 17.7 Å². The van der Waals surface area contributed by atoms with Crippen LogP contribution in [-0.4, -0.2) is 66.8 Å². The van der Waals surface area contributed by atoms with Gasteiger partial charge in [0.2, 0.25) is 0 Å². The Labute approximate surface area is 225 Å². The van der Waals surface area contributed by atoms with E-state index in [-0.39, 0.29) is 23.3 Å². The van der Waals surface area contributed by atoms with Gasteiger partial charge in [-0.15, -0.1) is 0 Å². The average Bonchev–Trinajstić information content (AvgIpc) is 3.48. The summed E-state index contributed by atoms with van der Waals surface area (Å²) in [6.45, 7) is 3.17. The van der Waals surface area contributed by atoms with Crippen LogP contribution in [0.2, 0.25) is 5.02 Å². The predicted octanol–water partition coefficient (Wildman–Crippen LogP) is 4.93. The molecule has 1 N–H and O–H groups in total. The SMILES string of the molecule is O=C(Nc1ccc(N2CCN(C(=O)c3ccccc3F)CC2)c(C(=O)N2CCCC2)c1)c1ccccc1Cl. The van der Waals surface area contributed by atoms with Crippen LogP contribution < -0.4 is 10.2 Å². The number of carbonyl (C=O) groups excluding carboxylic acids is 3. The van der Waals surface area contributed by atoms with Crippen LogP contribution in [-0.2, 0) is 0 Å². The van der Waals surface area contributed by atoms with Crippen molar-refractivity contribution >= 4 is 40.7 Å². The van der Waals surface area contributed by atoms with Crippen LogP contribution in [0.4, 0.5) is 15.8 Å². The molecule has 3 aromatic carbocycles. The molecular formula is C29H28ClFN4O3. The van der Waals surface area contributed by atoms with E-state index in [0.717, 1.165) is 18.5 Å². The minimum atomic E-state index is -0.534. The number of amides is 3. The monoisotopic (exact) mass is 534 g/mol. The Balaban J connectivity index is 1.36. The molecule has 2 heterocycles. The first-order valence-electron chi connectivity index (χ1n) is 12.7. The summed E-state index contributed by atoms with van der Waals surface area (Å²) in [7, 11) is 0. The van der Waals surface area contributed by atoms with E-state index in [4.69, 9.17) is 11.6 Å². The zero-order chi connectivity index (χ0) is 26.6. The van der Waals surface area contributed by atoms with Crippen molar-refractivity contribution in [1.82, 2.24) is 9.80 Å². The Hall–Kier alpha value is -3.91. The number of hydrogen-bond acceptors (Lipinski definition) is 4. The quantitative estimate of drug-likeness (QED) is 0.504. The molecule has 0 unspecified atom stereocenters. The van der Waals surface area contributed by atoms with Gasteiger partial charge in [0.1, 0.15) is 5.82 Å². The lowest BCUT2D eigenvalue weighted by Gasteiger charge is -2.37. The van der Waals surface area contributed by atoms with Gasteiger partial charge in [-0.05, 0) is 55.3 Å². The number of carbonyl (C=O) groups is 3. The zero-order valence-corrected chi connectivity index (χ0v) is 21.6. The van der Waals surface area contributed by atoms with Crippen molar-refractivity contribution in [3.8, 4) is 0 Å². The normalized spacial score (nSPS) is 15.5. The second-order valence-corrected chi connectivity index (χ2v) is 9.83. The molecule has 2 fully saturated rings. The van der Waals surface area contributed by atoms with Gasteiger partial charge in [-0.3, -0.25) is 14.4 Å². The number of nitrogens with zero attached hydrogens (tertiary/aromatic N) is 3. The first-order valence-corrected chi connectivity index (χ1v) is 13.1. The van der Waals surface area contributed by atoms with Crippen LogP contribution >= 0.6 is 11.6 Å². The Kier molecular flexibility index (Phi) is 7.60. The molecule has 5 rings (SSSR count). The lowest BCUT2D eigenvalue weighted by Crippen LogP contribution is -2.49. The molecule has 2 aliphatic heterocycles. The largest absolute Gasteiger partial charge is 0.367 e. The summed E-state index contributed by atoms with van der Waals surface area (Å²) in [5, 5.41) is 3.20. The number of hydrogen-bond donors (Lipinski definition) is 1. The molecule has 196 valence electrons. The van der Waals surface area contributed by atoms with Crippen molar-refractivity contribution in [2.75, 3.05) is 49.5 Å². The summed E-state index contributed by atoms with van der Waals surface area (Å²) >= 11 is 6.18. The van der Waals surface area contributed by atoms with Crippen LogP contribution in [0.3, 0.4) is 0 Å². The highest BCUT2D eigenvalue weighted by Crippen LogP contribution is 2.29. The number of benzene rings is 3. The fourth-order valence-corrected chi connectivity index (χ4v) is 5.17. The van der Waals surface area contributed by atoms with Crippen molar-refractivity contribution in [2.45, 2.75) is 12.8 Å². The topological polar surface area (TPSA) is 73.0 Å². The van der Waals surface area contributed by atoms with Gasteiger partial charge in [0.15, 0.2) is 0 Å². The molecule has 0 bridgehead atoms. The van der Waals surface area contributed by atoms with E-state index in [1.165, 1.54) is 12.1 Å². The molecule has 0 atom stereocenters. The molecule has 0 aliphatic carbocycles. The van der Waals surface area contributed by atoms with E-state index in [1.54, 1.807) is 53.4 Å². The standard InChI is InChI=1S/C29H28ClFN4O3/c30-24-9-3-1-7-21(24)27(36)32-20-11-12-26(23(19-20)29(38)34-13-5-6-14-34)33-15-17-35(18-16-33)28(37)22-8-2-4-10-25(22)31/h1-4,7-12,19H,5-6,13-18H2,(H,32,36). The minimum absolute atomic E-state index is 0.0597. The van der Waals surface area contributed by atoms with Crippen molar-refractivity contribution in [3.05, 3.63) is 94.3 Å². The molecule has 0 saturated carbocycles. The van der Waals surface area contributed by atoms with Gasteiger partial charge in [-0.1, -0.05) is 35.9 Å². The summed E-state index contributed by atoms with van der Waals surface area (Å²) in [6, 6.07) is 18.1. The highest BCUT2D eigenvalue weighted by atomic mass is 35.5. The maximum Gasteiger partial charge on any atom is 0.257 e. The third kappa shape index (κ3) is 5.36. The van der Waals surface area contributed by atoms with Gasteiger partial charge in [-0.25, -0.2) is 4.39 Å². The van der Waals surface area contributed by atoms with Crippen molar-refractivity contribution in [1.29, 1.82) is 0 Å². The van der Waals surface area contributed by atoms with E-state index in [2.05, 4.69) is 10.2 Å². The Morgan fingerprint density at radius 1 is 0.711 bits per heavy atom. The van der Waals surface area contributed by atoms with Gasteiger partial charge >= 0.3 is 0 Å². The number of likely N-dealkylation sites (tertiary alicyclic amines) is 1. The number of nitrogens with one attached hydrogen (secondary N) is 1. The smallest absolute Gasteiger partial charge is 0.257 e. The van der Waals surface area contributed by atoms with Crippen LogP contribution in [0.5, 0.6) is 0 Å². The fourth-order valence-electron chi connectivity index (χ4n) is 4.95. The van der Waals surface area contributed by atoms with Crippen molar-refractivity contribution in [3.63, 3.8) is 0 Å². The van der Waals surface area contributed by atoms with Gasteiger partial charge in [0.05, 0.1) is 21.7 Å². The number of anilines is 2. The van der Waals surface area contributed by atoms with E-state index in [9.17, 15) is 18.8 Å². The maximum absolute atomic E-state index is 14.1. The highest BCUT2D eigenvalue weighted by Gasteiger charge is 2.28. The zero-order valence-electron chi connectivity index (χ0n) is 20.8. The van der Waals surface area contributed by atoms with Crippen molar-refractivity contribution in [2.24, 2.45) is 0 Å². The van der Waals surface area contributed by atoms with Crippen LogP contribution in [0.1, 0.15) is 43.9 Å². The second-order valence-electron chi connectivity index (χ2n) is 9.42. The predicted molar refractivity (Wildman–Crippen MR) is 146 cm³/mol. The lowest BCUT2D eigenvalue weighted by molar-refractivity contribution is 0.0738. The maximum atomic E-state index is 14.1. The van der Waals surface area contributed by atoms with E-state index in [0.29, 0.717) is 61.1 Å². The van der Waals surface area contributed by atoms with Gasteiger partial charge < -0.3 is 20.0 Å². The number of piperazine rings is 1. The summed E-state index contributed by atoms with van der Waals surface area (Å²) in [6.07, 6.45) is 1.92. The molecule has 3 amide bonds. The minimum Gasteiger partial charge on any atom is -0.367 e. The van der Waals surface area contributed by atoms with Crippen molar-refractivity contribution < 1.29 is 18.8 Å². The molecule has 0 aromatic heterocycles.